The van der Waals surface area contributed by atoms with Crippen LogP contribution in [0.25, 0.3) is 0 Å². The standard InChI is InChI=1S/C16H11Cl2F3N2O3S2/c17-11-5-2-6-12(14(11)18)22-15-23-28(25,26)13(27(15)24)8-9-3-1-4-10(7-9)16(19,20)21/h1-7,13H,8H2,(H,22,23). The second-order valence-corrected chi connectivity index (χ2v) is 10.3. The van der Waals surface area contributed by atoms with Gasteiger partial charge in [-0.15, -0.1) is 0 Å². The van der Waals surface area contributed by atoms with Crippen LogP contribution in [0.15, 0.2) is 47.5 Å². The highest BCUT2D eigenvalue weighted by molar-refractivity contribution is 8.21. The van der Waals surface area contributed by atoms with E-state index in [9.17, 15) is 26.1 Å². The number of hydrogen-bond donors (Lipinski definition) is 1. The van der Waals surface area contributed by atoms with Gasteiger partial charge in [0.15, 0.2) is 0 Å². The highest BCUT2D eigenvalue weighted by atomic mass is 35.5. The van der Waals surface area contributed by atoms with Crippen molar-refractivity contribution in [1.82, 2.24) is 4.72 Å². The summed E-state index contributed by atoms with van der Waals surface area (Å²) in [5.74, 6) is 0. The van der Waals surface area contributed by atoms with E-state index in [1.165, 1.54) is 24.3 Å². The predicted octanol–water partition coefficient (Wildman–Crippen LogP) is 4.25. The summed E-state index contributed by atoms with van der Waals surface area (Å²) in [5, 5.41) is -0.133. The first-order valence-corrected chi connectivity index (χ1v) is 11.1. The Kier molecular flexibility index (Phi) is 5.88. The van der Waals surface area contributed by atoms with Crippen LogP contribution in [0.3, 0.4) is 0 Å². The van der Waals surface area contributed by atoms with Crippen molar-refractivity contribution in [1.29, 1.82) is 0 Å². The molecule has 0 amide bonds. The molecular weight excluding hydrogens is 460 g/mol. The Morgan fingerprint density at radius 3 is 2.54 bits per heavy atom. The van der Waals surface area contributed by atoms with Gasteiger partial charge in [0.05, 0.1) is 21.3 Å². The molecule has 12 heteroatoms. The van der Waals surface area contributed by atoms with E-state index in [4.69, 9.17) is 23.2 Å². The number of halogens is 5. The molecule has 1 N–H and O–H groups in total. The van der Waals surface area contributed by atoms with Crippen molar-refractivity contribution >= 4 is 55.3 Å². The molecule has 0 aromatic heterocycles. The second-order valence-electron chi connectivity index (χ2n) is 5.77. The van der Waals surface area contributed by atoms with E-state index < -0.39 is 37.5 Å². The zero-order chi connectivity index (χ0) is 20.7. The maximum absolute atomic E-state index is 12.9. The first-order chi connectivity index (χ1) is 13.0. The zero-order valence-electron chi connectivity index (χ0n) is 13.7. The molecule has 0 radical (unpaired) electrons. The fourth-order valence-corrected chi connectivity index (χ4v) is 6.44. The highest BCUT2D eigenvalue weighted by Crippen LogP contribution is 2.34. The molecule has 2 unspecified atom stereocenters. The number of hydrogen-bond acceptors (Lipinski definition) is 4. The molecule has 1 aliphatic rings. The monoisotopic (exact) mass is 470 g/mol. The first kappa shape index (κ1) is 21.3. The van der Waals surface area contributed by atoms with E-state index in [1.807, 2.05) is 0 Å². The van der Waals surface area contributed by atoms with Gasteiger partial charge < -0.3 is 4.55 Å². The lowest BCUT2D eigenvalue weighted by molar-refractivity contribution is -0.137. The van der Waals surface area contributed by atoms with Gasteiger partial charge in [0.1, 0.15) is 0 Å². The number of nitrogens with zero attached hydrogens (tertiary/aromatic N) is 1. The van der Waals surface area contributed by atoms with Crippen molar-refractivity contribution in [3.05, 3.63) is 63.6 Å². The van der Waals surface area contributed by atoms with Gasteiger partial charge in [-0.25, -0.2) is 13.1 Å². The molecule has 1 aliphatic heterocycles. The van der Waals surface area contributed by atoms with Gasteiger partial charge in [-0.3, -0.25) is 0 Å². The fourth-order valence-electron chi connectivity index (χ4n) is 2.48. The number of alkyl halides is 3. The Balaban J connectivity index is 1.91. The Morgan fingerprint density at radius 2 is 1.86 bits per heavy atom. The van der Waals surface area contributed by atoms with E-state index in [0.29, 0.717) is 0 Å². The largest absolute Gasteiger partial charge is 0.608 e. The molecule has 0 aliphatic carbocycles. The molecule has 2 aromatic carbocycles. The van der Waals surface area contributed by atoms with Gasteiger partial charge in [-0.2, -0.15) is 18.2 Å². The van der Waals surface area contributed by atoms with Crippen molar-refractivity contribution in [2.75, 3.05) is 0 Å². The van der Waals surface area contributed by atoms with Crippen molar-refractivity contribution in [3.63, 3.8) is 0 Å². The maximum Gasteiger partial charge on any atom is 0.416 e. The molecule has 3 rings (SSSR count). The molecule has 0 saturated carbocycles. The molecule has 0 spiro atoms. The summed E-state index contributed by atoms with van der Waals surface area (Å²) < 4.78 is 76.5. The minimum atomic E-state index is -4.57. The quantitative estimate of drug-likeness (QED) is 0.680. The molecule has 2 atom stereocenters. The minimum Gasteiger partial charge on any atom is -0.608 e. The first-order valence-electron chi connectivity index (χ1n) is 7.60. The number of aliphatic imine (C=N–C) groups is 1. The Hall–Kier alpha value is -1.46. The van der Waals surface area contributed by atoms with Gasteiger partial charge in [-0.05, 0) is 23.8 Å². The SMILES string of the molecule is O=S1(=O)NC(=Nc2cccc(Cl)c2Cl)[S+]([O-])C1Cc1cccc(C(F)(F)F)c1. The van der Waals surface area contributed by atoms with Crippen LogP contribution in [0, 0.1) is 0 Å². The summed E-state index contributed by atoms with van der Waals surface area (Å²) in [6.45, 7) is 0. The van der Waals surface area contributed by atoms with Gasteiger partial charge in [0.2, 0.25) is 4.58 Å². The summed E-state index contributed by atoms with van der Waals surface area (Å²) in [6.07, 6.45) is -4.95. The van der Waals surface area contributed by atoms with Crippen molar-refractivity contribution in [3.8, 4) is 0 Å². The molecular formula is C16H11Cl2F3N2O3S2. The molecule has 0 bridgehead atoms. The summed E-state index contributed by atoms with van der Waals surface area (Å²) in [7, 11) is -4.11. The van der Waals surface area contributed by atoms with Crippen molar-refractivity contribution < 1.29 is 26.1 Å². The molecule has 28 heavy (non-hydrogen) atoms. The van der Waals surface area contributed by atoms with Crippen LogP contribution in [0.2, 0.25) is 10.0 Å². The lowest BCUT2D eigenvalue weighted by Gasteiger charge is -2.12. The van der Waals surface area contributed by atoms with E-state index in [0.717, 1.165) is 18.2 Å². The fraction of sp³-hybridized carbons (Fsp3) is 0.188. The van der Waals surface area contributed by atoms with Crippen LogP contribution in [0.4, 0.5) is 18.9 Å². The van der Waals surface area contributed by atoms with E-state index >= 15 is 0 Å². The molecule has 1 saturated heterocycles. The van der Waals surface area contributed by atoms with Crippen molar-refractivity contribution in [2.45, 2.75) is 17.2 Å². The highest BCUT2D eigenvalue weighted by Gasteiger charge is 2.49. The smallest absolute Gasteiger partial charge is 0.416 e. The molecule has 1 fully saturated rings. The van der Waals surface area contributed by atoms with E-state index in [2.05, 4.69) is 9.71 Å². The predicted molar refractivity (Wildman–Crippen MR) is 103 cm³/mol. The third-order valence-corrected chi connectivity index (χ3v) is 8.59. The minimum absolute atomic E-state index is 0.0502. The van der Waals surface area contributed by atoms with Crippen LogP contribution in [0.5, 0.6) is 0 Å². The average Bonchev–Trinajstić information content (AvgIpc) is 2.81. The average molecular weight is 471 g/mol. The molecule has 150 valence electrons. The number of sulfonamides is 1. The van der Waals surface area contributed by atoms with Gasteiger partial charge >= 0.3 is 11.3 Å². The van der Waals surface area contributed by atoms with Crippen LogP contribution in [-0.2, 0) is 33.8 Å². The summed E-state index contributed by atoms with van der Waals surface area (Å²) in [4.78, 5) is 3.97. The third-order valence-electron chi connectivity index (χ3n) is 3.81. The van der Waals surface area contributed by atoms with E-state index in [-0.39, 0.29) is 32.9 Å². The molecule has 2 aromatic rings. The topological polar surface area (TPSA) is 81.6 Å². The number of amidine groups is 1. The van der Waals surface area contributed by atoms with Crippen LogP contribution >= 0.6 is 23.2 Å². The Labute approximate surface area is 171 Å². The van der Waals surface area contributed by atoms with Crippen molar-refractivity contribution in [2.24, 2.45) is 4.99 Å². The number of nitrogens with one attached hydrogen (secondary N) is 1. The van der Waals surface area contributed by atoms with Crippen LogP contribution in [0.1, 0.15) is 11.1 Å². The molecule has 5 nitrogen and oxygen atoms in total. The van der Waals surface area contributed by atoms with Crippen LogP contribution < -0.4 is 4.72 Å². The van der Waals surface area contributed by atoms with E-state index in [1.54, 1.807) is 0 Å². The number of benzene rings is 2. The summed E-state index contributed by atoms with van der Waals surface area (Å²) in [6, 6.07) is 8.68. The van der Waals surface area contributed by atoms with Gasteiger partial charge in [0, 0.05) is 17.6 Å². The van der Waals surface area contributed by atoms with Gasteiger partial charge in [-0.1, -0.05) is 47.5 Å². The maximum atomic E-state index is 12.9. The Morgan fingerprint density at radius 1 is 1.18 bits per heavy atom. The zero-order valence-corrected chi connectivity index (χ0v) is 16.8. The lowest BCUT2D eigenvalue weighted by Crippen LogP contribution is -2.27. The number of rotatable bonds is 3. The molecule has 1 heterocycles. The summed E-state index contributed by atoms with van der Waals surface area (Å²) in [5.41, 5.74) is -0.723. The lowest BCUT2D eigenvalue weighted by atomic mass is 10.1. The second kappa shape index (κ2) is 7.75. The normalized spacial score (nSPS) is 23.0. The third kappa shape index (κ3) is 4.41. The Bertz CT molecular complexity index is 1050. The van der Waals surface area contributed by atoms with Gasteiger partial charge in [0.25, 0.3) is 10.0 Å². The van der Waals surface area contributed by atoms with Crippen LogP contribution in [-0.4, -0.2) is 22.7 Å². The summed E-state index contributed by atoms with van der Waals surface area (Å²) >= 11 is 9.72.